The van der Waals surface area contributed by atoms with Crippen LogP contribution in [0, 0.1) is 0 Å². The van der Waals surface area contributed by atoms with Gasteiger partial charge in [0.2, 0.25) is 5.95 Å². The van der Waals surface area contributed by atoms with Gasteiger partial charge in [0.1, 0.15) is 5.75 Å². The molecule has 0 fully saturated rings. The number of aromatic amines is 1. The highest BCUT2D eigenvalue weighted by Crippen LogP contribution is 2.15. The third kappa shape index (κ3) is 5.48. The standard InChI is InChI=1S/C21H25N3O2/c1-5-15(2)8-6-7-9-16(3)19-14-22-21(23-19)24-20(25)17-10-12-18(26-4)13-11-17/h6-14H,5H2,1-4H3,(H2,22,23,24,25)/b7-6-,15-8+,16-9+. The Kier molecular flexibility index (Phi) is 6.97. The van der Waals surface area contributed by atoms with Crippen LogP contribution in [-0.2, 0) is 0 Å². The minimum atomic E-state index is -0.227. The molecule has 1 heterocycles. The number of aromatic nitrogens is 2. The van der Waals surface area contributed by atoms with Crippen molar-refractivity contribution in [2.24, 2.45) is 0 Å². The maximum atomic E-state index is 12.3. The Hall–Kier alpha value is -3.08. The molecule has 5 heteroatoms. The van der Waals surface area contributed by atoms with Crippen LogP contribution in [0.2, 0.25) is 0 Å². The van der Waals surface area contributed by atoms with Gasteiger partial charge in [-0.1, -0.05) is 36.8 Å². The van der Waals surface area contributed by atoms with Crippen LogP contribution in [0.1, 0.15) is 43.2 Å². The molecule has 1 aromatic heterocycles. The Bertz CT molecular complexity index is 827. The number of nitrogens with one attached hydrogen (secondary N) is 2. The molecule has 0 aliphatic heterocycles. The van der Waals surface area contributed by atoms with Crippen molar-refractivity contribution >= 4 is 17.4 Å². The van der Waals surface area contributed by atoms with Gasteiger partial charge in [0.25, 0.3) is 5.91 Å². The van der Waals surface area contributed by atoms with E-state index in [9.17, 15) is 4.79 Å². The lowest BCUT2D eigenvalue weighted by molar-refractivity contribution is 0.102. The highest BCUT2D eigenvalue weighted by atomic mass is 16.5. The summed E-state index contributed by atoms with van der Waals surface area (Å²) in [5.74, 6) is 0.897. The van der Waals surface area contributed by atoms with Gasteiger partial charge in [-0.2, -0.15) is 0 Å². The first-order chi connectivity index (χ1) is 12.5. The van der Waals surface area contributed by atoms with Crippen molar-refractivity contribution in [1.29, 1.82) is 0 Å². The molecule has 1 amide bonds. The van der Waals surface area contributed by atoms with Crippen LogP contribution in [0.4, 0.5) is 5.95 Å². The molecular weight excluding hydrogens is 326 g/mol. The monoisotopic (exact) mass is 351 g/mol. The Morgan fingerprint density at radius 2 is 1.88 bits per heavy atom. The number of carbonyl (C=O) groups excluding carboxylic acids is 1. The molecule has 0 atom stereocenters. The van der Waals surface area contributed by atoms with Crippen molar-refractivity contribution in [3.05, 3.63) is 71.6 Å². The van der Waals surface area contributed by atoms with E-state index < -0.39 is 0 Å². The van der Waals surface area contributed by atoms with Crippen molar-refractivity contribution in [2.45, 2.75) is 27.2 Å². The van der Waals surface area contributed by atoms with Gasteiger partial charge in [0.15, 0.2) is 0 Å². The van der Waals surface area contributed by atoms with Gasteiger partial charge in [-0.05, 0) is 50.1 Å². The van der Waals surface area contributed by atoms with Gasteiger partial charge in [-0.15, -0.1) is 0 Å². The highest BCUT2D eigenvalue weighted by Gasteiger charge is 2.09. The van der Waals surface area contributed by atoms with Gasteiger partial charge in [0.05, 0.1) is 19.0 Å². The predicted molar refractivity (Wildman–Crippen MR) is 106 cm³/mol. The van der Waals surface area contributed by atoms with Crippen LogP contribution in [0.25, 0.3) is 5.57 Å². The number of hydrogen-bond acceptors (Lipinski definition) is 3. The molecule has 0 aliphatic rings. The number of imidazole rings is 1. The summed E-state index contributed by atoms with van der Waals surface area (Å²) < 4.78 is 5.09. The summed E-state index contributed by atoms with van der Waals surface area (Å²) >= 11 is 0. The fourth-order valence-electron chi connectivity index (χ4n) is 2.13. The Morgan fingerprint density at radius 1 is 1.19 bits per heavy atom. The first kappa shape index (κ1) is 19.2. The van der Waals surface area contributed by atoms with E-state index in [-0.39, 0.29) is 5.91 Å². The zero-order chi connectivity index (χ0) is 18.9. The number of nitrogens with zero attached hydrogens (tertiary/aromatic N) is 1. The van der Waals surface area contributed by atoms with Gasteiger partial charge < -0.3 is 9.72 Å². The number of allylic oxidation sites excluding steroid dienone is 6. The van der Waals surface area contributed by atoms with Crippen LogP contribution in [0.3, 0.4) is 0 Å². The molecule has 2 rings (SSSR count). The van der Waals surface area contributed by atoms with E-state index >= 15 is 0 Å². The maximum Gasteiger partial charge on any atom is 0.257 e. The number of anilines is 1. The zero-order valence-electron chi connectivity index (χ0n) is 15.7. The number of hydrogen-bond donors (Lipinski definition) is 2. The molecule has 0 bridgehead atoms. The Labute approximate surface area is 154 Å². The average Bonchev–Trinajstić information content (AvgIpc) is 3.13. The Morgan fingerprint density at radius 3 is 2.54 bits per heavy atom. The van der Waals surface area contributed by atoms with Gasteiger partial charge in [0, 0.05) is 5.56 Å². The Balaban J connectivity index is 2.00. The van der Waals surface area contributed by atoms with E-state index in [1.165, 1.54) is 5.57 Å². The second-order valence-corrected chi connectivity index (χ2v) is 5.93. The van der Waals surface area contributed by atoms with E-state index in [0.717, 1.165) is 17.7 Å². The molecule has 0 unspecified atom stereocenters. The summed E-state index contributed by atoms with van der Waals surface area (Å²) in [6, 6.07) is 6.91. The molecule has 1 aromatic carbocycles. The summed E-state index contributed by atoms with van der Waals surface area (Å²) in [6.45, 7) is 6.23. The molecule has 2 aromatic rings. The van der Waals surface area contributed by atoms with Crippen LogP contribution in [-0.4, -0.2) is 23.0 Å². The normalized spacial score (nSPS) is 12.5. The van der Waals surface area contributed by atoms with E-state index in [1.54, 1.807) is 37.6 Å². The van der Waals surface area contributed by atoms with Crippen LogP contribution in [0.5, 0.6) is 5.75 Å². The fraction of sp³-hybridized carbons (Fsp3) is 0.238. The van der Waals surface area contributed by atoms with Gasteiger partial charge in [-0.25, -0.2) is 4.98 Å². The number of rotatable bonds is 7. The second kappa shape index (κ2) is 9.42. The van der Waals surface area contributed by atoms with Crippen molar-refractivity contribution in [1.82, 2.24) is 9.97 Å². The van der Waals surface area contributed by atoms with E-state index in [0.29, 0.717) is 17.3 Å². The third-order valence-electron chi connectivity index (χ3n) is 3.98. The van der Waals surface area contributed by atoms with Crippen molar-refractivity contribution in [3.8, 4) is 5.75 Å². The first-order valence-corrected chi connectivity index (χ1v) is 8.55. The number of benzene rings is 1. The number of carbonyl (C=O) groups is 1. The number of ether oxygens (including phenoxy) is 1. The van der Waals surface area contributed by atoms with Crippen molar-refractivity contribution in [2.75, 3.05) is 12.4 Å². The number of H-pyrrole nitrogens is 1. The molecular formula is C21H25N3O2. The average molecular weight is 351 g/mol. The van der Waals surface area contributed by atoms with Crippen LogP contribution in [0.15, 0.2) is 60.3 Å². The molecule has 136 valence electrons. The maximum absolute atomic E-state index is 12.3. The molecule has 0 saturated heterocycles. The topological polar surface area (TPSA) is 67.0 Å². The number of amides is 1. The molecule has 5 nitrogen and oxygen atoms in total. The summed E-state index contributed by atoms with van der Waals surface area (Å²) in [5.41, 5.74) is 3.76. The molecule has 0 spiro atoms. The predicted octanol–water partition coefficient (Wildman–Crippen LogP) is 4.99. The van der Waals surface area contributed by atoms with E-state index in [4.69, 9.17) is 4.74 Å². The lowest BCUT2D eigenvalue weighted by Gasteiger charge is -2.03. The fourth-order valence-corrected chi connectivity index (χ4v) is 2.13. The molecule has 0 radical (unpaired) electrons. The third-order valence-corrected chi connectivity index (χ3v) is 3.98. The van der Waals surface area contributed by atoms with Gasteiger partial charge in [-0.3, -0.25) is 10.1 Å². The van der Waals surface area contributed by atoms with Gasteiger partial charge >= 0.3 is 0 Å². The summed E-state index contributed by atoms with van der Waals surface area (Å²) in [5, 5.41) is 2.76. The smallest absolute Gasteiger partial charge is 0.257 e. The largest absolute Gasteiger partial charge is 0.497 e. The van der Waals surface area contributed by atoms with Crippen LogP contribution >= 0.6 is 0 Å². The summed E-state index contributed by atoms with van der Waals surface area (Å²) in [7, 11) is 1.59. The van der Waals surface area contributed by atoms with E-state index in [2.05, 4.69) is 35.2 Å². The second-order valence-electron chi connectivity index (χ2n) is 5.93. The number of methoxy groups -OCH3 is 1. The summed E-state index contributed by atoms with van der Waals surface area (Å²) in [6.07, 6.45) is 10.9. The minimum Gasteiger partial charge on any atom is -0.497 e. The summed E-state index contributed by atoms with van der Waals surface area (Å²) in [4.78, 5) is 19.6. The van der Waals surface area contributed by atoms with Crippen LogP contribution < -0.4 is 10.1 Å². The highest BCUT2D eigenvalue weighted by molar-refractivity contribution is 6.03. The molecule has 0 aliphatic carbocycles. The minimum absolute atomic E-state index is 0.227. The molecule has 2 N–H and O–H groups in total. The lowest BCUT2D eigenvalue weighted by Crippen LogP contribution is -2.12. The molecule has 0 saturated carbocycles. The van der Waals surface area contributed by atoms with Crippen molar-refractivity contribution in [3.63, 3.8) is 0 Å². The SMILES string of the molecule is CC/C(C)=C/C=C\C=C(/C)c1cnc(NC(=O)c2ccc(OC)cc2)[nH]1. The first-order valence-electron chi connectivity index (χ1n) is 8.55. The zero-order valence-corrected chi connectivity index (χ0v) is 15.7. The van der Waals surface area contributed by atoms with Crippen molar-refractivity contribution < 1.29 is 9.53 Å². The quantitative estimate of drug-likeness (QED) is 0.691. The molecule has 26 heavy (non-hydrogen) atoms. The lowest BCUT2D eigenvalue weighted by atomic mass is 10.2. The van der Waals surface area contributed by atoms with E-state index in [1.807, 2.05) is 25.2 Å².